The van der Waals surface area contributed by atoms with Gasteiger partial charge in [0, 0.05) is 57.8 Å². The number of para-hydroxylation sites is 1. The van der Waals surface area contributed by atoms with Gasteiger partial charge in [-0.25, -0.2) is 22.8 Å². The summed E-state index contributed by atoms with van der Waals surface area (Å²) in [6, 6.07) is 36.7. The van der Waals surface area contributed by atoms with E-state index in [1.54, 1.807) is 4.68 Å². The summed E-state index contributed by atoms with van der Waals surface area (Å²) in [5.41, 5.74) is 4.64. The van der Waals surface area contributed by atoms with Crippen molar-refractivity contribution in [3.8, 4) is 45.4 Å². The third-order valence-electron chi connectivity index (χ3n) is 9.68. The molecule has 270 valence electrons. The molecule has 3 aromatic heterocycles. The van der Waals surface area contributed by atoms with Crippen LogP contribution in [0.3, 0.4) is 0 Å². The number of rotatable bonds is 6. The number of fused-ring (bicyclic) bond motifs is 3. The maximum Gasteiger partial charge on any atom is 0.137 e. The van der Waals surface area contributed by atoms with E-state index < -0.39 is 22.9 Å². The Bertz CT molecular complexity index is 2680. The Hall–Kier alpha value is -6.15. The molecule has 0 radical (unpaired) electrons. The first-order valence-corrected chi connectivity index (χ1v) is 17.9. The first-order chi connectivity index (χ1) is 25.8. The number of benzene rings is 5. The van der Waals surface area contributed by atoms with Crippen LogP contribution in [0.25, 0.3) is 55.7 Å². The number of aromatic nitrogens is 4. The largest absolute Gasteiger partial charge is 0.457 e. The quantitative estimate of drug-likeness (QED) is 0.172. The molecule has 0 saturated heterocycles. The normalized spacial score (nSPS) is 12.2. The lowest BCUT2D eigenvalue weighted by molar-refractivity contribution is 0.482. The monoisotopic (exact) mass is 720 g/mol. The molecule has 0 atom stereocenters. The Balaban J connectivity index is 1.27. The summed E-state index contributed by atoms with van der Waals surface area (Å²) >= 11 is 0. The third-order valence-corrected chi connectivity index (χ3v) is 9.68. The highest BCUT2D eigenvalue weighted by Crippen LogP contribution is 2.44. The van der Waals surface area contributed by atoms with E-state index in [9.17, 15) is 4.39 Å². The van der Waals surface area contributed by atoms with E-state index in [-0.39, 0.29) is 16.5 Å². The fraction of sp³-hybridized carbons (Fsp3) is 0.174. The van der Waals surface area contributed by atoms with Crippen molar-refractivity contribution in [3.63, 3.8) is 0 Å². The highest BCUT2D eigenvalue weighted by atomic mass is 19.1. The minimum Gasteiger partial charge on any atom is -0.457 e. The van der Waals surface area contributed by atoms with Crippen molar-refractivity contribution in [1.29, 1.82) is 0 Å². The van der Waals surface area contributed by atoms with Crippen molar-refractivity contribution in [3.05, 3.63) is 156 Å². The Labute approximate surface area is 312 Å². The van der Waals surface area contributed by atoms with Crippen LogP contribution in [-0.4, -0.2) is 19.3 Å². The molecular formula is C46H39F3N4O. The number of hydrogen-bond donors (Lipinski definition) is 0. The summed E-state index contributed by atoms with van der Waals surface area (Å²) in [6.07, 6.45) is 1.86. The molecule has 8 aromatic rings. The summed E-state index contributed by atoms with van der Waals surface area (Å²) in [4.78, 5) is 4.80. The first kappa shape index (κ1) is 34.9. The number of hydrogen-bond acceptors (Lipinski definition) is 3. The molecule has 0 bridgehead atoms. The fourth-order valence-electron chi connectivity index (χ4n) is 7.09. The number of nitrogens with zero attached hydrogens (tertiary/aromatic N) is 4. The predicted molar refractivity (Wildman–Crippen MR) is 210 cm³/mol. The van der Waals surface area contributed by atoms with E-state index in [1.165, 1.54) is 5.56 Å². The summed E-state index contributed by atoms with van der Waals surface area (Å²) in [5, 5.41) is 7.19. The maximum atomic E-state index is 15.6. The molecule has 0 fully saturated rings. The second-order valence-corrected chi connectivity index (χ2v) is 15.6. The lowest BCUT2D eigenvalue weighted by Gasteiger charge is -2.20. The molecule has 8 heteroatoms. The Morgan fingerprint density at radius 2 is 1.28 bits per heavy atom. The Morgan fingerprint density at radius 3 is 2.00 bits per heavy atom. The van der Waals surface area contributed by atoms with Gasteiger partial charge in [0.25, 0.3) is 0 Å². The van der Waals surface area contributed by atoms with E-state index in [1.807, 2.05) is 106 Å². The van der Waals surface area contributed by atoms with Crippen molar-refractivity contribution in [2.75, 3.05) is 0 Å². The molecule has 0 amide bonds. The van der Waals surface area contributed by atoms with E-state index in [0.717, 1.165) is 27.6 Å². The highest BCUT2D eigenvalue weighted by Gasteiger charge is 2.32. The second-order valence-electron chi connectivity index (χ2n) is 15.6. The number of ether oxygens (including phenoxy) is 1. The van der Waals surface area contributed by atoms with Crippen LogP contribution in [0.4, 0.5) is 13.2 Å². The van der Waals surface area contributed by atoms with Crippen LogP contribution in [0.1, 0.15) is 52.8 Å². The molecule has 3 heterocycles. The van der Waals surface area contributed by atoms with Crippen molar-refractivity contribution in [2.45, 2.75) is 52.4 Å². The van der Waals surface area contributed by atoms with Gasteiger partial charge in [-0.3, -0.25) is 4.57 Å². The smallest absolute Gasteiger partial charge is 0.137 e. The van der Waals surface area contributed by atoms with E-state index in [4.69, 9.17) is 14.8 Å². The lowest BCUT2D eigenvalue weighted by Crippen LogP contribution is -2.14. The zero-order valence-electron chi connectivity index (χ0n) is 31.0. The molecule has 8 rings (SSSR count). The van der Waals surface area contributed by atoms with Crippen LogP contribution < -0.4 is 4.74 Å². The summed E-state index contributed by atoms with van der Waals surface area (Å²) in [5.74, 6) is -1.02. The van der Waals surface area contributed by atoms with E-state index >= 15 is 8.78 Å². The molecule has 5 aromatic carbocycles. The van der Waals surface area contributed by atoms with Crippen molar-refractivity contribution < 1.29 is 17.9 Å². The van der Waals surface area contributed by atoms with Gasteiger partial charge in [-0.15, -0.1) is 0 Å². The van der Waals surface area contributed by atoms with Crippen LogP contribution in [0.5, 0.6) is 11.5 Å². The maximum absolute atomic E-state index is 15.6. The van der Waals surface area contributed by atoms with Crippen LogP contribution in [-0.2, 0) is 10.8 Å². The van der Waals surface area contributed by atoms with Crippen molar-refractivity contribution >= 4 is 21.8 Å². The topological polar surface area (TPSA) is 44.9 Å². The summed E-state index contributed by atoms with van der Waals surface area (Å²) in [6.45, 7) is 12.4. The number of pyridine rings is 1. The standard InChI is InChI=1S/C46H39F3N4O/c1-45(2,3)29-21-22-50-40(23-29)52-38-18-11-10-17-34(38)35-20-19-33(27-39(35)52)54-32-16-12-15-31(26-32)53-43(28-13-8-7-9-14-28)42(44(51-53)46(4,5)6)41-36(48)24-30(47)25-37(41)49/h7-27H,1-6H3. The molecule has 0 spiro atoms. The second kappa shape index (κ2) is 13.1. The van der Waals surface area contributed by atoms with Gasteiger partial charge in [0.05, 0.1) is 33.7 Å². The molecule has 0 aliphatic carbocycles. The summed E-state index contributed by atoms with van der Waals surface area (Å²) in [7, 11) is 0. The first-order valence-electron chi connectivity index (χ1n) is 17.9. The highest BCUT2D eigenvalue weighted by molar-refractivity contribution is 6.09. The van der Waals surface area contributed by atoms with Crippen LogP contribution >= 0.6 is 0 Å². The van der Waals surface area contributed by atoms with Gasteiger partial charge in [-0.05, 0) is 53.4 Å². The average Bonchev–Trinajstić information content (AvgIpc) is 3.68. The average molecular weight is 721 g/mol. The van der Waals surface area contributed by atoms with Gasteiger partial charge < -0.3 is 4.74 Å². The van der Waals surface area contributed by atoms with Gasteiger partial charge in [0.2, 0.25) is 0 Å². The molecule has 54 heavy (non-hydrogen) atoms. The molecule has 0 aliphatic heterocycles. The molecule has 0 saturated carbocycles. The van der Waals surface area contributed by atoms with E-state index in [0.29, 0.717) is 46.3 Å². The number of halogens is 3. The minimum absolute atomic E-state index is 0.0551. The van der Waals surface area contributed by atoms with Gasteiger partial charge in [0.1, 0.15) is 34.8 Å². The summed E-state index contributed by atoms with van der Waals surface area (Å²) < 4.78 is 55.8. The van der Waals surface area contributed by atoms with Gasteiger partial charge >= 0.3 is 0 Å². The van der Waals surface area contributed by atoms with Crippen LogP contribution in [0.2, 0.25) is 0 Å². The third kappa shape index (κ3) is 6.21. The van der Waals surface area contributed by atoms with Gasteiger partial charge in [-0.1, -0.05) is 96.1 Å². The van der Waals surface area contributed by atoms with Gasteiger partial charge in [0.15, 0.2) is 0 Å². The molecule has 0 N–H and O–H groups in total. The molecule has 0 aliphatic rings. The van der Waals surface area contributed by atoms with E-state index in [2.05, 4.69) is 55.7 Å². The zero-order chi connectivity index (χ0) is 37.9. The Kier molecular flexibility index (Phi) is 8.44. The van der Waals surface area contributed by atoms with Crippen LogP contribution in [0, 0.1) is 17.5 Å². The predicted octanol–water partition coefficient (Wildman–Crippen LogP) is 12.5. The zero-order valence-corrected chi connectivity index (χ0v) is 31.0. The fourth-order valence-corrected chi connectivity index (χ4v) is 7.09. The van der Waals surface area contributed by atoms with Gasteiger partial charge in [-0.2, -0.15) is 5.10 Å². The molecule has 0 unspecified atom stereocenters. The molecular weight excluding hydrogens is 682 g/mol. The van der Waals surface area contributed by atoms with Crippen molar-refractivity contribution in [1.82, 2.24) is 19.3 Å². The Morgan fingerprint density at radius 1 is 0.593 bits per heavy atom. The molecule has 5 nitrogen and oxygen atoms in total. The van der Waals surface area contributed by atoms with Crippen molar-refractivity contribution in [2.24, 2.45) is 0 Å². The minimum atomic E-state index is -1.00. The lowest BCUT2D eigenvalue weighted by atomic mass is 9.85. The SMILES string of the molecule is CC(C)(C)c1ccnc(-n2c3ccccc3c3ccc(Oc4cccc(-n5nc(C(C)(C)C)c(-c6c(F)cc(F)cc6F)c5-c5ccccc5)c4)cc32)c1. The van der Waals surface area contributed by atoms with Crippen LogP contribution in [0.15, 0.2) is 128 Å².